The van der Waals surface area contributed by atoms with E-state index in [0.717, 1.165) is 11.3 Å². The minimum absolute atomic E-state index is 0.0377. The van der Waals surface area contributed by atoms with E-state index in [1.165, 1.54) is 4.90 Å². The van der Waals surface area contributed by atoms with Crippen molar-refractivity contribution in [1.82, 2.24) is 4.90 Å². The zero-order chi connectivity index (χ0) is 18.8. The lowest BCUT2D eigenvalue weighted by atomic mass is 9.88. The van der Waals surface area contributed by atoms with Gasteiger partial charge in [0.05, 0.1) is 28.8 Å². The summed E-state index contributed by atoms with van der Waals surface area (Å²) in [6, 6.07) is 5.52. The average molecular weight is 406 g/mol. The maximum absolute atomic E-state index is 11.7. The molecule has 0 radical (unpaired) electrons. The maximum Gasteiger partial charge on any atom is 0.407 e. The van der Waals surface area contributed by atoms with Gasteiger partial charge in [-0.2, -0.15) is 11.8 Å². The van der Waals surface area contributed by atoms with Crippen molar-refractivity contribution < 1.29 is 14.6 Å². The molecule has 1 aromatic rings. The Morgan fingerprint density at radius 2 is 2.00 bits per heavy atom. The molecule has 2 rings (SSSR count). The molecule has 0 spiro atoms. The second kappa shape index (κ2) is 8.38. The van der Waals surface area contributed by atoms with Gasteiger partial charge in [0.15, 0.2) is 0 Å². The number of halogens is 2. The van der Waals surface area contributed by atoms with Gasteiger partial charge in [0.2, 0.25) is 0 Å². The van der Waals surface area contributed by atoms with E-state index in [9.17, 15) is 9.90 Å². The molecule has 1 saturated heterocycles. The molecular weight excluding hydrogens is 381 g/mol. The molecule has 7 heteroatoms. The Morgan fingerprint density at radius 1 is 1.32 bits per heavy atom. The quantitative estimate of drug-likeness (QED) is 0.726. The Hall–Kier alpha value is -0.620. The highest BCUT2D eigenvalue weighted by atomic mass is 35.5. The molecule has 1 aromatic carbocycles. The predicted molar refractivity (Wildman–Crippen MR) is 105 cm³/mol. The van der Waals surface area contributed by atoms with Gasteiger partial charge < -0.3 is 14.7 Å². The van der Waals surface area contributed by atoms with Crippen molar-refractivity contribution in [2.75, 3.05) is 25.1 Å². The number of rotatable bonds is 3. The fourth-order valence-electron chi connectivity index (χ4n) is 3.01. The number of carbonyl (C=O) groups is 1. The Bertz CT molecular complexity index is 621. The van der Waals surface area contributed by atoms with Crippen LogP contribution in [0.2, 0.25) is 10.0 Å². The summed E-state index contributed by atoms with van der Waals surface area (Å²) < 4.78 is 6.48. The molecule has 1 fully saturated rings. The Balaban J connectivity index is 2.44. The molecule has 25 heavy (non-hydrogen) atoms. The standard InChI is InChI=1S/C18H25Cl2NO3S/c1-18(2,3)15-9-21(17(22)23)8-12(10-25-4)16(24-15)11-5-6-13(19)14(20)7-11/h5-7,12,15-16H,8-10H2,1-4H3,(H,22,23). The number of ether oxygens (including phenoxy) is 1. The summed E-state index contributed by atoms with van der Waals surface area (Å²) in [6.07, 6.45) is 0.674. The summed E-state index contributed by atoms with van der Waals surface area (Å²) in [6.45, 7) is 7.00. The molecule has 1 amide bonds. The molecule has 1 aliphatic rings. The SMILES string of the molecule is CSCC1CN(C(=O)O)CC(C(C)(C)C)OC1c1ccc(Cl)c(Cl)c1. The van der Waals surface area contributed by atoms with Gasteiger partial charge in [-0.15, -0.1) is 0 Å². The first-order valence-electron chi connectivity index (χ1n) is 8.20. The summed E-state index contributed by atoms with van der Waals surface area (Å²) in [5, 5.41) is 10.6. The lowest BCUT2D eigenvalue weighted by Crippen LogP contribution is -2.42. The van der Waals surface area contributed by atoms with Crippen LogP contribution in [-0.2, 0) is 4.74 Å². The topological polar surface area (TPSA) is 49.8 Å². The molecule has 1 aliphatic heterocycles. The second-order valence-electron chi connectivity index (χ2n) is 7.49. The van der Waals surface area contributed by atoms with Gasteiger partial charge in [0.1, 0.15) is 0 Å². The van der Waals surface area contributed by atoms with Crippen LogP contribution in [0.3, 0.4) is 0 Å². The van der Waals surface area contributed by atoms with Crippen LogP contribution in [0.25, 0.3) is 0 Å². The van der Waals surface area contributed by atoms with E-state index in [1.54, 1.807) is 17.8 Å². The number of thioether (sulfide) groups is 1. The second-order valence-corrected chi connectivity index (χ2v) is 9.21. The average Bonchev–Trinajstić information content (AvgIpc) is 2.70. The molecule has 0 bridgehead atoms. The highest BCUT2D eigenvalue weighted by molar-refractivity contribution is 7.98. The Morgan fingerprint density at radius 3 is 2.52 bits per heavy atom. The van der Waals surface area contributed by atoms with Gasteiger partial charge in [0, 0.05) is 18.2 Å². The molecule has 1 heterocycles. The third-order valence-corrected chi connectivity index (χ3v) is 5.97. The van der Waals surface area contributed by atoms with Gasteiger partial charge >= 0.3 is 6.09 Å². The van der Waals surface area contributed by atoms with Gasteiger partial charge in [-0.25, -0.2) is 4.79 Å². The zero-order valence-electron chi connectivity index (χ0n) is 15.0. The lowest BCUT2D eigenvalue weighted by Gasteiger charge is -2.34. The van der Waals surface area contributed by atoms with E-state index in [-0.39, 0.29) is 23.5 Å². The summed E-state index contributed by atoms with van der Waals surface area (Å²) in [7, 11) is 0. The van der Waals surface area contributed by atoms with E-state index in [4.69, 9.17) is 27.9 Å². The molecule has 3 unspecified atom stereocenters. The van der Waals surface area contributed by atoms with Crippen molar-refractivity contribution in [2.45, 2.75) is 33.0 Å². The van der Waals surface area contributed by atoms with E-state index >= 15 is 0 Å². The summed E-state index contributed by atoms with van der Waals surface area (Å²) >= 11 is 13.9. The fourth-order valence-corrected chi connectivity index (χ4v) is 4.03. The van der Waals surface area contributed by atoms with Crippen LogP contribution >= 0.6 is 35.0 Å². The minimum Gasteiger partial charge on any atom is -0.465 e. The first-order chi connectivity index (χ1) is 11.6. The van der Waals surface area contributed by atoms with Gasteiger partial charge in [-0.05, 0) is 29.4 Å². The summed E-state index contributed by atoms with van der Waals surface area (Å²) in [5.74, 6) is 0.835. The number of nitrogens with zero attached hydrogens (tertiary/aromatic N) is 1. The summed E-state index contributed by atoms with van der Waals surface area (Å²) in [4.78, 5) is 13.2. The van der Waals surface area contributed by atoms with Crippen LogP contribution in [0.5, 0.6) is 0 Å². The van der Waals surface area contributed by atoms with Crippen LogP contribution in [-0.4, -0.2) is 47.3 Å². The number of hydrogen-bond acceptors (Lipinski definition) is 3. The molecule has 3 atom stereocenters. The molecule has 0 aliphatic carbocycles. The fraction of sp³-hybridized carbons (Fsp3) is 0.611. The van der Waals surface area contributed by atoms with Crippen molar-refractivity contribution in [3.63, 3.8) is 0 Å². The third-order valence-electron chi connectivity index (χ3n) is 4.47. The highest BCUT2D eigenvalue weighted by Gasteiger charge is 2.39. The molecule has 140 valence electrons. The smallest absolute Gasteiger partial charge is 0.407 e. The maximum atomic E-state index is 11.7. The van der Waals surface area contributed by atoms with Gasteiger partial charge in [-0.3, -0.25) is 0 Å². The van der Waals surface area contributed by atoms with Gasteiger partial charge in [-0.1, -0.05) is 50.0 Å². The Kier molecular flexibility index (Phi) is 6.94. The third kappa shape index (κ3) is 5.19. The molecule has 4 nitrogen and oxygen atoms in total. The van der Waals surface area contributed by atoms with Crippen LogP contribution in [0.1, 0.15) is 32.4 Å². The highest BCUT2D eigenvalue weighted by Crippen LogP contribution is 2.39. The van der Waals surface area contributed by atoms with Crippen LogP contribution in [0.15, 0.2) is 18.2 Å². The van der Waals surface area contributed by atoms with Crippen molar-refractivity contribution in [1.29, 1.82) is 0 Å². The normalized spacial score (nSPS) is 24.9. The van der Waals surface area contributed by atoms with Crippen molar-refractivity contribution in [3.05, 3.63) is 33.8 Å². The predicted octanol–water partition coefficient (Wildman–Crippen LogP) is 5.44. The van der Waals surface area contributed by atoms with E-state index in [0.29, 0.717) is 23.1 Å². The van der Waals surface area contributed by atoms with E-state index < -0.39 is 6.09 Å². The van der Waals surface area contributed by atoms with E-state index in [2.05, 4.69) is 20.8 Å². The van der Waals surface area contributed by atoms with Crippen molar-refractivity contribution >= 4 is 41.1 Å². The number of amides is 1. The lowest BCUT2D eigenvalue weighted by molar-refractivity contribution is -0.0740. The zero-order valence-corrected chi connectivity index (χ0v) is 17.3. The Labute approximate surface area is 163 Å². The number of hydrogen-bond donors (Lipinski definition) is 1. The van der Waals surface area contributed by atoms with Gasteiger partial charge in [0.25, 0.3) is 0 Å². The van der Waals surface area contributed by atoms with Crippen LogP contribution in [0.4, 0.5) is 4.79 Å². The molecule has 0 aromatic heterocycles. The molecule has 1 N–H and O–H groups in total. The summed E-state index contributed by atoms with van der Waals surface area (Å²) in [5.41, 5.74) is 0.756. The minimum atomic E-state index is -0.904. The number of carboxylic acid groups (broad SMARTS) is 1. The molecule has 0 saturated carbocycles. The first kappa shape index (κ1) is 20.7. The molecular formula is C18H25Cl2NO3S. The largest absolute Gasteiger partial charge is 0.465 e. The van der Waals surface area contributed by atoms with Crippen LogP contribution in [0, 0.1) is 11.3 Å². The van der Waals surface area contributed by atoms with Crippen LogP contribution < -0.4 is 0 Å². The first-order valence-corrected chi connectivity index (χ1v) is 10.4. The monoisotopic (exact) mass is 405 g/mol. The van der Waals surface area contributed by atoms with E-state index in [1.807, 2.05) is 18.4 Å². The number of benzene rings is 1. The van der Waals surface area contributed by atoms with Crippen molar-refractivity contribution in [2.24, 2.45) is 11.3 Å². The van der Waals surface area contributed by atoms with Crippen molar-refractivity contribution in [3.8, 4) is 0 Å².